The Bertz CT molecular complexity index is 114. The van der Waals surface area contributed by atoms with E-state index in [1.165, 1.54) is 0 Å². The highest BCUT2D eigenvalue weighted by Crippen LogP contribution is 1.88. The molecule has 0 fully saturated rings. The van der Waals surface area contributed by atoms with Crippen molar-refractivity contribution in [3.05, 3.63) is 0 Å². The molecule has 0 bridgehead atoms. The highest BCUT2D eigenvalue weighted by Gasteiger charge is 2.08. The minimum Gasteiger partial charge on any atom is -0.377 e. The molecule has 0 aliphatic carbocycles. The lowest BCUT2D eigenvalue weighted by Crippen LogP contribution is -2.40. The van der Waals surface area contributed by atoms with E-state index in [2.05, 4.69) is 0 Å². The van der Waals surface area contributed by atoms with Crippen molar-refractivity contribution in [2.75, 3.05) is 6.61 Å². The van der Waals surface area contributed by atoms with E-state index in [1.807, 2.05) is 13.8 Å². The fourth-order valence-corrected chi connectivity index (χ4v) is 0.378. The van der Waals surface area contributed by atoms with E-state index in [0.29, 0.717) is 0 Å². The fourth-order valence-electron chi connectivity index (χ4n) is 0.378. The summed E-state index contributed by atoms with van der Waals surface area (Å²) < 4.78 is 5.04. The highest BCUT2D eigenvalue weighted by atomic mass is 16.5. The summed E-state index contributed by atoms with van der Waals surface area (Å²) in [6.45, 7) is 3.94. The zero-order chi connectivity index (χ0) is 8.15. The molecule has 0 saturated heterocycles. The summed E-state index contributed by atoms with van der Waals surface area (Å²) in [6, 6.07) is -0.678. The summed E-state index contributed by atoms with van der Waals surface area (Å²) in [5, 5.41) is 0. The van der Waals surface area contributed by atoms with Gasteiger partial charge in [0.25, 0.3) is 0 Å². The lowest BCUT2D eigenvalue weighted by atomic mass is 10.3. The SMILES string of the molecule is CC(C)OCC(N)C(N)=O. The van der Waals surface area contributed by atoms with Crippen LogP contribution in [-0.4, -0.2) is 24.7 Å². The molecule has 1 amide bonds. The van der Waals surface area contributed by atoms with Gasteiger partial charge in [0.1, 0.15) is 6.04 Å². The Morgan fingerprint density at radius 2 is 2.10 bits per heavy atom. The average molecular weight is 146 g/mol. The maximum Gasteiger partial charge on any atom is 0.236 e. The van der Waals surface area contributed by atoms with Gasteiger partial charge in [-0.2, -0.15) is 0 Å². The van der Waals surface area contributed by atoms with Crippen molar-refractivity contribution >= 4 is 5.91 Å². The second-order valence-electron chi connectivity index (χ2n) is 2.39. The van der Waals surface area contributed by atoms with Crippen molar-refractivity contribution in [2.24, 2.45) is 11.5 Å². The van der Waals surface area contributed by atoms with E-state index >= 15 is 0 Å². The molecule has 0 aliphatic rings. The predicted octanol–water partition coefficient (Wildman–Crippen LogP) is -0.776. The molecule has 60 valence electrons. The summed E-state index contributed by atoms with van der Waals surface area (Å²) in [5.74, 6) is -0.527. The van der Waals surface area contributed by atoms with Gasteiger partial charge in [-0.25, -0.2) is 0 Å². The van der Waals surface area contributed by atoms with Crippen molar-refractivity contribution in [1.29, 1.82) is 0 Å². The predicted molar refractivity (Wildman–Crippen MR) is 38.3 cm³/mol. The Morgan fingerprint density at radius 1 is 1.60 bits per heavy atom. The van der Waals surface area contributed by atoms with Crippen molar-refractivity contribution in [2.45, 2.75) is 26.0 Å². The Balaban J connectivity index is 3.40. The largest absolute Gasteiger partial charge is 0.377 e. The van der Waals surface area contributed by atoms with Crippen LogP contribution in [-0.2, 0) is 9.53 Å². The van der Waals surface area contributed by atoms with Crippen LogP contribution in [0.3, 0.4) is 0 Å². The maximum atomic E-state index is 10.3. The molecule has 0 radical (unpaired) electrons. The molecule has 4 heteroatoms. The lowest BCUT2D eigenvalue weighted by molar-refractivity contribution is -0.120. The summed E-state index contributed by atoms with van der Waals surface area (Å²) in [7, 11) is 0. The lowest BCUT2D eigenvalue weighted by Gasteiger charge is -2.10. The number of ether oxygens (including phenoxy) is 1. The Morgan fingerprint density at radius 3 is 2.40 bits per heavy atom. The fraction of sp³-hybridized carbons (Fsp3) is 0.833. The number of hydrogen-bond donors (Lipinski definition) is 2. The smallest absolute Gasteiger partial charge is 0.236 e. The molecule has 0 heterocycles. The average Bonchev–Trinajstić information content (AvgIpc) is 1.82. The van der Waals surface area contributed by atoms with Crippen LogP contribution in [0, 0.1) is 0 Å². The number of primary amides is 1. The molecule has 10 heavy (non-hydrogen) atoms. The van der Waals surface area contributed by atoms with Gasteiger partial charge in [0.2, 0.25) is 5.91 Å². The molecule has 4 nitrogen and oxygen atoms in total. The van der Waals surface area contributed by atoms with Crippen LogP contribution >= 0.6 is 0 Å². The molecular formula is C6H14N2O2. The van der Waals surface area contributed by atoms with E-state index in [9.17, 15) is 4.79 Å². The minimum absolute atomic E-state index is 0.0883. The van der Waals surface area contributed by atoms with E-state index in [-0.39, 0.29) is 12.7 Å². The highest BCUT2D eigenvalue weighted by molar-refractivity contribution is 5.79. The second-order valence-corrected chi connectivity index (χ2v) is 2.39. The number of carbonyl (C=O) groups is 1. The molecule has 0 aromatic rings. The molecule has 0 saturated carbocycles. The van der Waals surface area contributed by atoms with Gasteiger partial charge < -0.3 is 16.2 Å². The number of hydrogen-bond acceptors (Lipinski definition) is 3. The quantitative estimate of drug-likeness (QED) is 0.546. The van der Waals surface area contributed by atoms with E-state index < -0.39 is 11.9 Å². The minimum atomic E-state index is -0.678. The van der Waals surface area contributed by atoms with Gasteiger partial charge in [-0.15, -0.1) is 0 Å². The molecule has 0 rings (SSSR count). The molecule has 1 unspecified atom stereocenters. The summed E-state index contributed by atoms with van der Waals surface area (Å²) in [5.41, 5.74) is 10.1. The van der Waals surface area contributed by atoms with Crippen molar-refractivity contribution in [3.63, 3.8) is 0 Å². The molecule has 0 aliphatic heterocycles. The van der Waals surface area contributed by atoms with E-state index in [1.54, 1.807) is 0 Å². The van der Waals surface area contributed by atoms with E-state index in [4.69, 9.17) is 16.2 Å². The monoisotopic (exact) mass is 146 g/mol. The molecule has 0 spiro atoms. The zero-order valence-electron chi connectivity index (χ0n) is 6.33. The van der Waals surface area contributed by atoms with Gasteiger partial charge in [0.15, 0.2) is 0 Å². The third kappa shape index (κ3) is 4.29. The van der Waals surface area contributed by atoms with Gasteiger partial charge in [0, 0.05) is 0 Å². The number of nitrogens with two attached hydrogens (primary N) is 2. The van der Waals surface area contributed by atoms with Crippen LogP contribution in [0.15, 0.2) is 0 Å². The standard InChI is InChI=1S/C6H14N2O2/c1-4(2)10-3-5(7)6(8)9/h4-5H,3,7H2,1-2H3,(H2,8,9). The van der Waals surface area contributed by atoms with Gasteiger partial charge in [-0.3, -0.25) is 4.79 Å². The van der Waals surface area contributed by atoms with Crippen molar-refractivity contribution < 1.29 is 9.53 Å². The maximum absolute atomic E-state index is 10.3. The summed E-state index contributed by atoms with van der Waals surface area (Å²) in [4.78, 5) is 10.3. The van der Waals surface area contributed by atoms with Crippen LogP contribution < -0.4 is 11.5 Å². The van der Waals surface area contributed by atoms with Crippen LogP contribution in [0.5, 0.6) is 0 Å². The van der Waals surface area contributed by atoms with Crippen LogP contribution in [0.2, 0.25) is 0 Å². The first-order valence-electron chi connectivity index (χ1n) is 3.20. The van der Waals surface area contributed by atoms with Gasteiger partial charge in [0.05, 0.1) is 12.7 Å². The molecule has 0 aromatic carbocycles. The molecule has 1 atom stereocenters. The van der Waals surface area contributed by atoms with Crippen molar-refractivity contribution in [1.82, 2.24) is 0 Å². The molecule has 4 N–H and O–H groups in total. The summed E-state index contributed by atoms with van der Waals surface area (Å²) >= 11 is 0. The Kier molecular flexibility index (Phi) is 3.99. The first-order chi connectivity index (χ1) is 4.54. The number of carbonyl (C=O) groups excluding carboxylic acids is 1. The Labute approximate surface area is 60.5 Å². The first kappa shape index (κ1) is 9.39. The van der Waals surface area contributed by atoms with E-state index in [0.717, 1.165) is 0 Å². The second kappa shape index (κ2) is 4.24. The van der Waals surface area contributed by atoms with Crippen LogP contribution in [0.4, 0.5) is 0 Å². The van der Waals surface area contributed by atoms with Gasteiger partial charge in [-0.1, -0.05) is 0 Å². The van der Waals surface area contributed by atoms with Gasteiger partial charge >= 0.3 is 0 Å². The van der Waals surface area contributed by atoms with Gasteiger partial charge in [-0.05, 0) is 13.8 Å². The number of amides is 1. The topological polar surface area (TPSA) is 78.3 Å². The third-order valence-corrected chi connectivity index (χ3v) is 0.975. The van der Waals surface area contributed by atoms with Crippen LogP contribution in [0.1, 0.15) is 13.8 Å². The normalized spacial score (nSPS) is 13.6. The van der Waals surface area contributed by atoms with Crippen molar-refractivity contribution in [3.8, 4) is 0 Å². The zero-order valence-corrected chi connectivity index (χ0v) is 6.33. The summed E-state index contributed by atoms with van der Waals surface area (Å²) in [6.07, 6.45) is 0.0883. The molecular weight excluding hydrogens is 132 g/mol. The van der Waals surface area contributed by atoms with Crippen LogP contribution in [0.25, 0.3) is 0 Å². The Hall–Kier alpha value is -0.610. The first-order valence-corrected chi connectivity index (χ1v) is 3.20. The molecule has 0 aromatic heterocycles. The number of rotatable bonds is 4. The third-order valence-electron chi connectivity index (χ3n) is 0.975.